The van der Waals surface area contributed by atoms with Crippen LogP contribution in [-0.4, -0.2) is 23.5 Å². The third-order valence-corrected chi connectivity index (χ3v) is 5.92. The maximum atomic E-state index is 12.9. The SMILES string of the molecule is Cc1cccc(C(=O)c2ccc(C(=O)OOC(=O)c3ccc(C(=O)c4cccc(C)c4)c4ooc34)cc2)c1. The fourth-order valence-electron chi connectivity index (χ4n) is 3.94. The Morgan fingerprint density at radius 3 is 1.61 bits per heavy atom. The quantitative estimate of drug-likeness (QED) is 0.155. The average Bonchev–Trinajstić information content (AvgIpc) is 2.91. The first kappa shape index (κ1) is 24.5. The van der Waals surface area contributed by atoms with Crippen LogP contribution < -0.4 is 0 Å². The summed E-state index contributed by atoms with van der Waals surface area (Å²) in [6, 6.07) is 22.7. The molecule has 8 heteroatoms. The van der Waals surface area contributed by atoms with Gasteiger partial charge in [0.15, 0.2) is 11.6 Å². The molecule has 0 atom stereocenters. The van der Waals surface area contributed by atoms with Crippen LogP contribution in [0.25, 0.3) is 11.2 Å². The average molecular weight is 508 g/mol. The molecule has 0 amide bonds. The van der Waals surface area contributed by atoms with Crippen LogP contribution in [0.15, 0.2) is 94.1 Å². The van der Waals surface area contributed by atoms with Crippen molar-refractivity contribution in [1.82, 2.24) is 0 Å². The summed E-state index contributed by atoms with van der Waals surface area (Å²) in [6.45, 7) is 3.76. The zero-order chi connectivity index (χ0) is 26.8. The minimum atomic E-state index is -1.02. The summed E-state index contributed by atoms with van der Waals surface area (Å²) in [5.41, 5.74) is 3.55. The third kappa shape index (κ3) is 4.75. The van der Waals surface area contributed by atoms with Crippen LogP contribution in [0.1, 0.15) is 63.7 Å². The summed E-state index contributed by atoms with van der Waals surface area (Å²) < 4.78 is 9.90. The molecule has 0 bridgehead atoms. The van der Waals surface area contributed by atoms with E-state index in [1.807, 2.05) is 26.0 Å². The lowest BCUT2D eigenvalue weighted by Gasteiger charge is -2.09. The molecule has 0 saturated heterocycles. The monoisotopic (exact) mass is 508 g/mol. The Balaban J connectivity index is 1.25. The topological polar surface area (TPSA) is 113 Å². The van der Waals surface area contributed by atoms with Gasteiger partial charge < -0.3 is 0 Å². The summed E-state index contributed by atoms with van der Waals surface area (Å²) in [6.07, 6.45) is 0. The number of ketones is 2. The molecule has 0 aliphatic rings. The maximum Gasteiger partial charge on any atom is 0.390 e. The van der Waals surface area contributed by atoms with E-state index in [4.69, 9.17) is 14.0 Å². The van der Waals surface area contributed by atoms with Gasteiger partial charge in [-0.3, -0.25) is 18.7 Å². The number of rotatable bonds is 6. The summed E-state index contributed by atoms with van der Waals surface area (Å²) >= 11 is 0. The van der Waals surface area contributed by atoms with Crippen LogP contribution in [0, 0.1) is 13.8 Å². The zero-order valence-corrected chi connectivity index (χ0v) is 20.3. The molecular formula is C30H20O8. The molecule has 0 aliphatic carbocycles. The highest BCUT2D eigenvalue weighted by Gasteiger charge is 2.27. The Hall–Kier alpha value is -5.24. The van der Waals surface area contributed by atoms with E-state index in [-0.39, 0.29) is 39.4 Å². The Kier molecular flexibility index (Phi) is 6.45. The lowest BCUT2D eigenvalue weighted by Crippen LogP contribution is -2.13. The second kappa shape index (κ2) is 10.0. The predicted octanol–water partition coefficient (Wildman–Crippen LogP) is 6.03. The van der Waals surface area contributed by atoms with Gasteiger partial charge in [-0.2, -0.15) is 0 Å². The number of carbonyl (C=O) groups excluding carboxylic acids is 4. The minimum Gasteiger partial charge on any atom is -0.289 e. The summed E-state index contributed by atoms with van der Waals surface area (Å²) in [5, 5.41) is 0. The normalized spacial score (nSPS) is 10.8. The molecule has 0 saturated carbocycles. The molecule has 0 fully saturated rings. The highest BCUT2D eigenvalue weighted by atomic mass is 17.2. The zero-order valence-electron chi connectivity index (χ0n) is 20.3. The van der Waals surface area contributed by atoms with Crippen LogP contribution in [0.5, 0.6) is 0 Å². The molecule has 1 heterocycles. The van der Waals surface area contributed by atoms with Gasteiger partial charge in [0.2, 0.25) is 11.2 Å². The Bertz CT molecular complexity index is 1700. The highest BCUT2D eigenvalue weighted by molar-refractivity contribution is 6.17. The molecular weight excluding hydrogens is 488 g/mol. The van der Waals surface area contributed by atoms with Crippen molar-refractivity contribution in [2.45, 2.75) is 13.8 Å². The molecule has 8 nitrogen and oxygen atoms in total. The van der Waals surface area contributed by atoms with E-state index in [1.54, 1.807) is 36.4 Å². The van der Waals surface area contributed by atoms with Gasteiger partial charge in [0.05, 0.1) is 11.1 Å². The van der Waals surface area contributed by atoms with Crippen molar-refractivity contribution < 1.29 is 38.1 Å². The summed E-state index contributed by atoms with van der Waals surface area (Å²) in [7, 11) is 0. The van der Waals surface area contributed by atoms with E-state index in [0.29, 0.717) is 16.7 Å². The fourth-order valence-corrected chi connectivity index (χ4v) is 3.94. The smallest absolute Gasteiger partial charge is 0.289 e. The van der Waals surface area contributed by atoms with E-state index < -0.39 is 11.9 Å². The van der Waals surface area contributed by atoms with E-state index >= 15 is 0 Å². The fraction of sp³-hybridized carbons (Fsp3) is 0.0667. The minimum absolute atomic E-state index is 0.00330. The van der Waals surface area contributed by atoms with E-state index in [0.717, 1.165) is 11.1 Å². The molecule has 0 aliphatic heterocycles. The summed E-state index contributed by atoms with van der Waals surface area (Å²) in [4.78, 5) is 59.8. The van der Waals surface area contributed by atoms with Gasteiger partial charge in [0.25, 0.3) is 0 Å². The van der Waals surface area contributed by atoms with Crippen molar-refractivity contribution >= 4 is 34.7 Å². The van der Waals surface area contributed by atoms with Crippen LogP contribution in [0.3, 0.4) is 0 Å². The lowest BCUT2D eigenvalue weighted by atomic mass is 9.99. The lowest BCUT2D eigenvalue weighted by molar-refractivity contribution is -0.187. The third-order valence-electron chi connectivity index (χ3n) is 5.92. The van der Waals surface area contributed by atoms with Crippen LogP contribution in [-0.2, 0) is 9.78 Å². The number of hydrogen-bond donors (Lipinski definition) is 0. The predicted molar refractivity (Wildman–Crippen MR) is 135 cm³/mol. The first-order chi connectivity index (χ1) is 18.3. The van der Waals surface area contributed by atoms with Gasteiger partial charge in [-0.1, -0.05) is 59.7 Å². The van der Waals surface area contributed by atoms with Gasteiger partial charge in [0.1, 0.15) is 5.56 Å². The van der Waals surface area contributed by atoms with Crippen LogP contribution >= 0.6 is 0 Å². The molecule has 5 rings (SSSR count). The van der Waals surface area contributed by atoms with Crippen LogP contribution in [0.2, 0.25) is 0 Å². The van der Waals surface area contributed by atoms with Crippen LogP contribution in [0.4, 0.5) is 0 Å². The Labute approximate surface area is 216 Å². The summed E-state index contributed by atoms with van der Waals surface area (Å²) in [5.74, 6) is -2.44. The number of aryl methyl sites for hydroxylation is 2. The van der Waals surface area contributed by atoms with E-state index in [2.05, 4.69) is 4.89 Å². The molecule has 0 radical (unpaired) electrons. The molecule has 5 aromatic rings. The standard InChI is InChI=1S/C30H20O8/c1-17-5-3-7-21(15-17)25(31)19-9-11-20(12-10-19)29(33)37-38-30(34)24-14-13-23(27-28(24)36-35-27)26(32)22-8-4-6-18(2)16-22/h3-16H,1-2H3. The largest absolute Gasteiger partial charge is 0.390 e. The first-order valence-corrected chi connectivity index (χ1v) is 11.6. The van der Waals surface area contributed by atoms with Crippen molar-refractivity contribution in [3.05, 3.63) is 129 Å². The molecule has 188 valence electrons. The van der Waals surface area contributed by atoms with Gasteiger partial charge >= 0.3 is 11.9 Å². The van der Waals surface area contributed by atoms with Crippen molar-refractivity contribution in [3.63, 3.8) is 0 Å². The number of benzene rings is 4. The van der Waals surface area contributed by atoms with Gasteiger partial charge in [-0.15, -0.1) is 0 Å². The van der Waals surface area contributed by atoms with Crippen molar-refractivity contribution in [3.8, 4) is 0 Å². The maximum absolute atomic E-state index is 12.9. The first-order valence-electron chi connectivity index (χ1n) is 11.6. The van der Waals surface area contributed by atoms with Crippen molar-refractivity contribution in [2.75, 3.05) is 0 Å². The molecule has 38 heavy (non-hydrogen) atoms. The van der Waals surface area contributed by atoms with Crippen molar-refractivity contribution in [1.29, 1.82) is 0 Å². The molecule has 1 aromatic heterocycles. The second-order valence-corrected chi connectivity index (χ2v) is 8.70. The van der Waals surface area contributed by atoms with Gasteiger partial charge in [0, 0.05) is 16.7 Å². The number of carbonyl (C=O) groups is 4. The van der Waals surface area contributed by atoms with Gasteiger partial charge in [-0.05, 0) is 50.2 Å². The molecule has 0 spiro atoms. The van der Waals surface area contributed by atoms with E-state index in [1.165, 1.54) is 36.4 Å². The second-order valence-electron chi connectivity index (χ2n) is 8.70. The highest BCUT2D eigenvalue weighted by Crippen LogP contribution is 2.29. The van der Waals surface area contributed by atoms with Crippen molar-refractivity contribution in [2.24, 2.45) is 0 Å². The van der Waals surface area contributed by atoms with E-state index in [9.17, 15) is 19.2 Å². The number of hydrogen-bond acceptors (Lipinski definition) is 8. The molecule has 0 N–H and O–H groups in total. The van der Waals surface area contributed by atoms with Gasteiger partial charge in [-0.25, -0.2) is 19.4 Å². The Morgan fingerprint density at radius 1 is 0.526 bits per heavy atom. The number of fused-ring (bicyclic) bond motifs is 1. The molecule has 4 aromatic carbocycles. The molecule has 0 unspecified atom stereocenters. The Morgan fingerprint density at radius 2 is 1.03 bits per heavy atom.